The van der Waals surface area contributed by atoms with E-state index in [0.29, 0.717) is 6.54 Å². The summed E-state index contributed by atoms with van der Waals surface area (Å²) in [6, 6.07) is 12.7. The number of aromatic nitrogens is 1. The van der Waals surface area contributed by atoms with Gasteiger partial charge in [0.05, 0.1) is 12.6 Å². The quantitative estimate of drug-likeness (QED) is 0.613. The summed E-state index contributed by atoms with van der Waals surface area (Å²) in [5.41, 5.74) is 2.33. The van der Waals surface area contributed by atoms with Gasteiger partial charge in [0.15, 0.2) is 0 Å². The van der Waals surface area contributed by atoms with Crippen LogP contribution in [0, 0.1) is 0 Å². The fourth-order valence-electron chi connectivity index (χ4n) is 3.84. The minimum absolute atomic E-state index is 0.385. The molecule has 0 bridgehead atoms. The van der Waals surface area contributed by atoms with Gasteiger partial charge in [-0.3, -0.25) is 4.90 Å². The SMILES string of the molecule is CN1CCN(CC(O)Cn2c3ccc(Br)cc3c3cc(Br)ccc32)CC1. The molecule has 2 aromatic carbocycles. The lowest BCUT2D eigenvalue weighted by atomic mass is 10.2. The summed E-state index contributed by atoms with van der Waals surface area (Å²) in [4.78, 5) is 4.71. The van der Waals surface area contributed by atoms with Crippen molar-refractivity contribution < 1.29 is 5.11 Å². The maximum atomic E-state index is 10.8. The van der Waals surface area contributed by atoms with Crippen molar-refractivity contribution >= 4 is 53.7 Å². The molecule has 138 valence electrons. The van der Waals surface area contributed by atoms with Crippen LogP contribution in [0.3, 0.4) is 0 Å². The number of piperazine rings is 1. The van der Waals surface area contributed by atoms with Crippen LogP contribution < -0.4 is 0 Å². The second kappa shape index (κ2) is 7.60. The van der Waals surface area contributed by atoms with Gasteiger partial charge >= 0.3 is 0 Å². The van der Waals surface area contributed by atoms with Crippen molar-refractivity contribution in [3.8, 4) is 0 Å². The van der Waals surface area contributed by atoms with Crippen LogP contribution in [0.4, 0.5) is 0 Å². The van der Waals surface area contributed by atoms with Crippen molar-refractivity contribution in [2.24, 2.45) is 0 Å². The molecule has 4 rings (SSSR count). The van der Waals surface area contributed by atoms with Gasteiger partial charge < -0.3 is 14.6 Å². The van der Waals surface area contributed by atoms with Crippen molar-refractivity contribution in [2.75, 3.05) is 39.8 Å². The zero-order chi connectivity index (χ0) is 18.3. The molecule has 26 heavy (non-hydrogen) atoms. The molecule has 6 heteroatoms. The standard InChI is InChI=1S/C20H23Br2N3O/c1-23-6-8-24(9-7-23)12-16(26)13-25-19-4-2-14(21)10-17(19)18-11-15(22)3-5-20(18)25/h2-5,10-11,16,26H,6-9,12-13H2,1H3. The third-order valence-electron chi connectivity index (χ3n) is 5.25. The lowest BCUT2D eigenvalue weighted by Crippen LogP contribution is -2.47. The van der Waals surface area contributed by atoms with Gasteiger partial charge in [-0.2, -0.15) is 0 Å². The van der Waals surface area contributed by atoms with Gasteiger partial charge in [0.1, 0.15) is 0 Å². The number of likely N-dealkylation sites (N-methyl/N-ethyl adjacent to an activating group) is 1. The molecule has 1 atom stereocenters. The first kappa shape index (κ1) is 18.4. The topological polar surface area (TPSA) is 31.6 Å². The van der Waals surface area contributed by atoms with E-state index >= 15 is 0 Å². The molecule has 1 aliphatic rings. The molecule has 1 saturated heterocycles. The zero-order valence-corrected chi connectivity index (χ0v) is 18.0. The van der Waals surface area contributed by atoms with Crippen LogP contribution in [0.15, 0.2) is 45.3 Å². The molecular weight excluding hydrogens is 458 g/mol. The molecule has 0 aliphatic carbocycles. The van der Waals surface area contributed by atoms with E-state index in [9.17, 15) is 5.11 Å². The van der Waals surface area contributed by atoms with E-state index in [0.717, 1.165) is 41.7 Å². The Kier molecular flexibility index (Phi) is 5.39. The maximum absolute atomic E-state index is 10.8. The van der Waals surface area contributed by atoms with E-state index in [1.54, 1.807) is 0 Å². The van der Waals surface area contributed by atoms with E-state index in [1.807, 2.05) is 0 Å². The number of benzene rings is 2. The van der Waals surface area contributed by atoms with Crippen molar-refractivity contribution in [3.05, 3.63) is 45.3 Å². The number of hydrogen-bond acceptors (Lipinski definition) is 3. The third kappa shape index (κ3) is 3.71. The molecule has 2 heterocycles. The van der Waals surface area contributed by atoms with Gasteiger partial charge in [0.25, 0.3) is 0 Å². The van der Waals surface area contributed by atoms with Gasteiger partial charge in [-0.15, -0.1) is 0 Å². The van der Waals surface area contributed by atoms with Crippen molar-refractivity contribution in [2.45, 2.75) is 12.6 Å². The van der Waals surface area contributed by atoms with Crippen molar-refractivity contribution in [3.63, 3.8) is 0 Å². The van der Waals surface area contributed by atoms with Crippen LogP contribution in [0.1, 0.15) is 0 Å². The Morgan fingerprint density at radius 2 is 1.42 bits per heavy atom. The largest absolute Gasteiger partial charge is 0.390 e. The van der Waals surface area contributed by atoms with Crippen LogP contribution in [-0.2, 0) is 6.54 Å². The molecule has 0 saturated carbocycles. The fourth-order valence-corrected chi connectivity index (χ4v) is 4.56. The third-order valence-corrected chi connectivity index (χ3v) is 6.23. The van der Waals surface area contributed by atoms with Crippen LogP contribution >= 0.6 is 31.9 Å². The van der Waals surface area contributed by atoms with Gasteiger partial charge in [-0.1, -0.05) is 31.9 Å². The monoisotopic (exact) mass is 479 g/mol. The number of fused-ring (bicyclic) bond motifs is 3. The molecule has 0 radical (unpaired) electrons. The summed E-state index contributed by atoms with van der Waals surface area (Å²) in [5.74, 6) is 0. The first-order chi connectivity index (χ1) is 12.5. The molecule has 0 spiro atoms. The van der Waals surface area contributed by atoms with E-state index < -0.39 is 0 Å². The first-order valence-corrected chi connectivity index (χ1v) is 10.6. The van der Waals surface area contributed by atoms with Gasteiger partial charge in [0, 0.05) is 63.5 Å². The Morgan fingerprint density at radius 3 is 1.96 bits per heavy atom. The summed E-state index contributed by atoms with van der Waals surface area (Å²) in [6.07, 6.45) is -0.385. The number of hydrogen-bond donors (Lipinski definition) is 1. The molecule has 1 fully saturated rings. The lowest BCUT2D eigenvalue weighted by Gasteiger charge is -2.33. The minimum Gasteiger partial charge on any atom is -0.390 e. The zero-order valence-electron chi connectivity index (χ0n) is 14.8. The molecule has 0 amide bonds. The molecule has 3 aromatic rings. The predicted octanol–water partition coefficient (Wildman–Crippen LogP) is 3.93. The average Bonchev–Trinajstić information content (AvgIpc) is 2.89. The summed E-state index contributed by atoms with van der Waals surface area (Å²) in [6.45, 7) is 5.53. The van der Waals surface area contributed by atoms with Gasteiger partial charge in [-0.25, -0.2) is 0 Å². The number of aliphatic hydroxyl groups is 1. The van der Waals surface area contributed by atoms with Crippen molar-refractivity contribution in [1.82, 2.24) is 14.4 Å². The average molecular weight is 481 g/mol. The predicted molar refractivity (Wildman–Crippen MR) is 115 cm³/mol. The maximum Gasteiger partial charge on any atom is 0.0845 e. The highest BCUT2D eigenvalue weighted by atomic mass is 79.9. The van der Waals surface area contributed by atoms with Crippen LogP contribution in [0.5, 0.6) is 0 Å². The second-order valence-electron chi connectivity index (χ2n) is 7.19. The Morgan fingerprint density at radius 1 is 0.885 bits per heavy atom. The molecule has 4 nitrogen and oxygen atoms in total. The second-order valence-corrected chi connectivity index (χ2v) is 9.02. The van der Waals surface area contributed by atoms with E-state index in [1.165, 1.54) is 21.8 Å². The highest BCUT2D eigenvalue weighted by Crippen LogP contribution is 2.33. The van der Waals surface area contributed by atoms with E-state index in [2.05, 4.69) is 89.7 Å². The van der Waals surface area contributed by atoms with Crippen LogP contribution in [0.25, 0.3) is 21.8 Å². The molecule has 1 aromatic heterocycles. The van der Waals surface area contributed by atoms with Crippen molar-refractivity contribution in [1.29, 1.82) is 0 Å². The Labute approximate surface area is 170 Å². The molecule has 1 aliphatic heterocycles. The lowest BCUT2D eigenvalue weighted by molar-refractivity contribution is 0.0723. The number of aliphatic hydroxyl groups excluding tert-OH is 1. The number of nitrogens with zero attached hydrogens (tertiary/aromatic N) is 3. The Bertz CT molecular complexity index is 872. The fraction of sp³-hybridized carbons (Fsp3) is 0.400. The Hall–Kier alpha value is -0.920. The Balaban J connectivity index is 1.64. The van der Waals surface area contributed by atoms with Gasteiger partial charge in [-0.05, 0) is 43.4 Å². The highest BCUT2D eigenvalue weighted by molar-refractivity contribution is 9.10. The first-order valence-electron chi connectivity index (χ1n) is 8.97. The summed E-state index contributed by atoms with van der Waals surface area (Å²) in [7, 11) is 2.15. The summed E-state index contributed by atoms with van der Waals surface area (Å²) < 4.78 is 4.40. The van der Waals surface area contributed by atoms with E-state index in [-0.39, 0.29) is 6.10 Å². The van der Waals surface area contributed by atoms with E-state index in [4.69, 9.17) is 0 Å². The normalized spacial score (nSPS) is 18.0. The molecular formula is C20H23Br2N3O. The summed E-state index contributed by atoms with van der Waals surface area (Å²) in [5, 5.41) is 13.2. The minimum atomic E-state index is -0.385. The summed E-state index contributed by atoms with van der Waals surface area (Å²) >= 11 is 7.17. The number of rotatable bonds is 4. The van der Waals surface area contributed by atoms with Gasteiger partial charge in [0.2, 0.25) is 0 Å². The van der Waals surface area contributed by atoms with Crippen LogP contribution in [-0.4, -0.2) is 65.3 Å². The smallest absolute Gasteiger partial charge is 0.0845 e. The highest BCUT2D eigenvalue weighted by Gasteiger charge is 2.19. The molecule has 1 unspecified atom stereocenters. The molecule has 1 N–H and O–H groups in total. The van der Waals surface area contributed by atoms with Crippen LogP contribution in [0.2, 0.25) is 0 Å². The number of β-amino-alcohol motifs (C(OH)–C–C–N with tert-alkyl or cyclic N) is 1. The number of halogens is 2.